The molecule has 1 atom stereocenters. The van der Waals surface area contributed by atoms with E-state index in [1.54, 1.807) is 6.20 Å². The molecule has 6 heteroatoms. The molecule has 2 aliphatic heterocycles. The van der Waals surface area contributed by atoms with E-state index in [4.69, 9.17) is 0 Å². The molecule has 0 saturated carbocycles. The molecule has 3 aromatic rings. The second kappa shape index (κ2) is 7.17. The summed E-state index contributed by atoms with van der Waals surface area (Å²) in [6, 6.07) is 6.03. The highest BCUT2D eigenvalue weighted by atomic mass is 16.2. The van der Waals surface area contributed by atoms with Crippen molar-refractivity contribution in [1.29, 1.82) is 0 Å². The van der Waals surface area contributed by atoms with E-state index >= 15 is 0 Å². The van der Waals surface area contributed by atoms with Gasteiger partial charge >= 0.3 is 0 Å². The number of piperidine rings is 1. The molecule has 1 aromatic carbocycles. The minimum Gasteiger partial charge on any atom is -0.346 e. The monoisotopic (exact) mass is 390 g/mol. The smallest absolute Gasteiger partial charge is 0.259 e. The summed E-state index contributed by atoms with van der Waals surface area (Å²) < 4.78 is 4.22. The average Bonchev–Trinajstić information content (AvgIpc) is 3.35. The molecular weight excluding hydrogens is 364 g/mol. The van der Waals surface area contributed by atoms with Gasteiger partial charge < -0.3 is 14.0 Å². The number of carbonyl (C=O) groups is 1. The van der Waals surface area contributed by atoms with Crippen molar-refractivity contribution in [1.82, 2.24) is 19.0 Å². The number of hydrogen-bond donors (Lipinski definition) is 0. The molecular formula is C23H26N4O2. The van der Waals surface area contributed by atoms with Gasteiger partial charge in [-0.3, -0.25) is 9.59 Å². The van der Waals surface area contributed by atoms with Gasteiger partial charge in [0.2, 0.25) is 5.43 Å². The number of pyridine rings is 1. The first-order valence-electron chi connectivity index (χ1n) is 10.6. The summed E-state index contributed by atoms with van der Waals surface area (Å²) >= 11 is 0. The van der Waals surface area contributed by atoms with Crippen LogP contribution in [0.5, 0.6) is 0 Å². The lowest BCUT2D eigenvalue weighted by Crippen LogP contribution is -2.45. The van der Waals surface area contributed by atoms with Gasteiger partial charge in [-0.2, -0.15) is 0 Å². The molecule has 0 unspecified atom stereocenters. The Hall–Kier alpha value is -2.89. The molecule has 0 bridgehead atoms. The van der Waals surface area contributed by atoms with Crippen LogP contribution in [0.15, 0.2) is 41.6 Å². The lowest BCUT2D eigenvalue weighted by Gasteiger charge is -2.36. The van der Waals surface area contributed by atoms with Gasteiger partial charge in [-0.05, 0) is 50.7 Å². The Morgan fingerprint density at radius 3 is 2.97 bits per heavy atom. The molecule has 2 aromatic heterocycles. The largest absolute Gasteiger partial charge is 0.346 e. The first kappa shape index (κ1) is 18.2. The average molecular weight is 390 g/mol. The molecule has 0 aliphatic carbocycles. The minimum atomic E-state index is -0.125. The Morgan fingerprint density at radius 1 is 1.24 bits per heavy atom. The highest BCUT2D eigenvalue weighted by molar-refractivity contribution is 5.98. The van der Waals surface area contributed by atoms with Crippen LogP contribution in [-0.2, 0) is 19.5 Å². The predicted octanol–water partition coefficient (Wildman–Crippen LogP) is 3.15. The maximum atomic E-state index is 13.5. The molecule has 1 saturated heterocycles. The fraction of sp³-hybridized carbons (Fsp3) is 0.435. The Bertz CT molecular complexity index is 1140. The van der Waals surface area contributed by atoms with Crippen LogP contribution >= 0.6 is 0 Å². The van der Waals surface area contributed by atoms with E-state index in [-0.39, 0.29) is 17.4 Å². The third-order valence-electron chi connectivity index (χ3n) is 6.55. The third-order valence-corrected chi connectivity index (χ3v) is 6.55. The lowest BCUT2D eigenvalue weighted by atomic mass is 9.98. The second-order valence-corrected chi connectivity index (χ2v) is 8.23. The van der Waals surface area contributed by atoms with Crippen LogP contribution < -0.4 is 5.43 Å². The van der Waals surface area contributed by atoms with E-state index in [0.717, 1.165) is 63.1 Å². The summed E-state index contributed by atoms with van der Waals surface area (Å²) in [4.78, 5) is 32.9. The van der Waals surface area contributed by atoms with Gasteiger partial charge in [0.25, 0.3) is 5.91 Å². The van der Waals surface area contributed by atoms with E-state index in [1.807, 2.05) is 36.4 Å². The summed E-state index contributed by atoms with van der Waals surface area (Å²) in [5.74, 6) is 0.885. The van der Waals surface area contributed by atoms with Crippen molar-refractivity contribution in [3.63, 3.8) is 0 Å². The molecule has 0 spiro atoms. The molecule has 150 valence electrons. The summed E-state index contributed by atoms with van der Waals surface area (Å²) in [6.45, 7) is 4.40. The fourth-order valence-corrected chi connectivity index (χ4v) is 4.96. The molecule has 4 heterocycles. The molecule has 29 heavy (non-hydrogen) atoms. The van der Waals surface area contributed by atoms with Crippen molar-refractivity contribution in [2.45, 2.75) is 58.2 Å². The van der Waals surface area contributed by atoms with Crippen LogP contribution in [0.1, 0.15) is 47.4 Å². The molecule has 1 amide bonds. The summed E-state index contributed by atoms with van der Waals surface area (Å²) in [6.07, 6.45) is 10.5. The van der Waals surface area contributed by atoms with Gasteiger partial charge in [0, 0.05) is 49.7 Å². The van der Waals surface area contributed by atoms with Crippen molar-refractivity contribution < 1.29 is 4.79 Å². The van der Waals surface area contributed by atoms with Crippen LogP contribution in [-0.4, -0.2) is 37.5 Å². The van der Waals surface area contributed by atoms with Crippen molar-refractivity contribution >= 4 is 16.8 Å². The van der Waals surface area contributed by atoms with Gasteiger partial charge in [0.15, 0.2) is 0 Å². The number of para-hydroxylation sites is 1. The zero-order valence-electron chi connectivity index (χ0n) is 16.8. The first-order valence-corrected chi connectivity index (χ1v) is 10.6. The van der Waals surface area contributed by atoms with Crippen molar-refractivity contribution in [3.05, 3.63) is 64.0 Å². The third kappa shape index (κ3) is 3.07. The number of likely N-dealkylation sites (tertiary alicyclic amines) is 1. The van der Waals surface area contributed by atoms with Gasteiger partial charge in [-0.25, -0.2) is 4.98 Å². The molecule has 0 radical (unpaired) electrons. The van der Waals surface area contributed by atoms with Gasteiger partial charge in [-0.15, -0.1) is 0 Å². The number of aromatic nitrogens is 3. The quantitative estimate of drug-likeness (QED) is 0.688. The molecule has 5 rings (SSSR count). The number of carbonyl (C=O) groups excluding carboxylic acids is 1. The maximum Gasteiger partial charge on any atom is 0.259 e. The van der Waals surface area contributed by atoms with Crippen molar-refractivity contribution in [2.75, 3.05) is 6.54 Å². The summed E-state index contributed by atoms with van der Waals surface area (Å²) in [5, 5.41) is 0.674. The highest BCUT2D eigenvalue weighted by Gasteiger charge is 2.30. The number of benzene rings is 1. The van der Waals surface area contributed by atoms with E-state index in [0.29, 0.717) is 10.9 Å². The summed E-state index contributed by atoms with van der Waals surface area (Å²) in [5.41, 5.74) is 2.40. The number of aryl methyl sites for hydroxylation is 4. The highest BCUT2D eigenvalue weighted by Crippen LogP contribution is 2.26. The zero-order valence-corrected chi connectivity index (χ0v) is 16.8. The first-order chi connectivity index (χ1) is 14.1. The number of amides is 1. The maximum absolute atomic E-state index is 13.5. The standard InChI is InChI=1S/C23H26N4O2/c1-16-24-10-14-25(16)13-9-18-6-2-3-11-27(18)23(29)20-15-26-12-8-17-5-4-7-19(21(17)26)22(20)28/h4-5,7,10,14-15,18H,2-3,6,8-9,11-13H2,1H3/t18-/m0/s1. The zero-order chi connectivity index (χ0) is 20.0. The van der Waals surface area contributed by atoms with Crippen LogP contribution in [0.25, 0.3) is 10.9 Å². The van der Waals surface area contributed by atoms with Crippen molar-refractivity contribution in [2.24, 2.45) is 0 Å². The molecule has 6 nitrogen and oxygen atoms in total. The lowest BCUT2D eigenvalue weighted by molar-refractivity contribution is 0.0593. The molecule has 0 N–H and O–H groups in total. The van der Waals surface area contributed by atoms with Gasteiger partial charge in [0.1, 0.15) is 11.4 Å². The predicted molar refractivity (Wildman–Crippen MR) is 112 cm³/mol. The Morgan fingerprint density at radius 2 is 2.14 bits per heavy atom. The molecule has 2 aliphatic rings. The van der Waals surface area contributed by atoms with Gasteiger partial charge in [-0.1, -0.05) is 12.1 Å². The number of imidazole rings is 1. The van der Waals surface area contributed by atoms with Crippen LogP contribution in [0.3, 0.4) is 0 Å². The van der Waals surface area contributed by atoms with E-state index in [9.17, 15) is 9.59 Å². The normalized spacial score (nSPS) is 18.5. The second-order valence-electron chi connectivity index (χ2n) is 8.23. The number of nitrogens with zero attached hydrogens (tertiary/aromatic N) is 4. The minimum absolute atomic E-state index is 0.106. The number of hydrogen-bond acceptors (Lipinski definition) is 3. The van der Waals surface area contributed by atoms with Gasteiger partial charge in [0.05, 0.1) is 5.52 Å². The SMILES string of the molecule is Cc1nccn1CC[C@@H]1CCCCN1C(=O)c1cn2c3c(cccc3c1=O)CC2. The van der Waals surface area contributed by atoms with E-state index in [1.165, 1.54) is 5.56 Å². The van der Waals surface area contributed by atoms with Crippen LogP contribution in [0, 0.1) is 6.92 Å². The van der Waals surface area contributed by atoms with Crippen molar-refractivity contribution in [3.8, 4) is 0 Å². The summed E-state index contributed by atoms with van der Waals surface area (Å²) in [7, 11) is 0. The Balaban J connectivity index is 1.45. The number of rotatable bonds is 4. The fourth-order valence-electron chi connectivity index (χ4n) is 4.96. The van der Waals surface area contributed by atoms with Crippen LogP contribution in [0.2, 0.25) is 0 Å². The topological polar surface area (TPSA) is 60.1 Å². The van der Waals surface area contributed by atoms with E-state index in [2.05, 4.69) is 20.2 Å². The molecule has 1 fully saturated rings. The van der Waals surface area contributed by atoms with Crippen LogP contribution in [0.4, 0.5) is 0 Å². The Kier molecular flexibility index (Phi) is 4.49. The van der Waals surface area contributed by atoms with E-state index < -0.39 is 0 Å². The Labute approximate surface area is 169 Å².